The van der Waals surface area contributed by atoms with Crippen LogP contribution < -0.4 is 5.32 Å². The van der Waals surface area contributed by atoms with E-state index in [0.717, 1.165) is 12.1 Å². The predicted octanol–water partition coefficient (Wildman–Crippen LogP) is 2.97. The number of carbonyl (C=O) groups excluding carboxylic acids is 1. The number of halogens is 2. The third-order valence-corrected chi connectivity index (χ3v) is 3.76. The molecule has 5 nitrogen and oxygen atoms in total. The summed E-state index contributed by atoms with van der Waals surface area (Å²) in [5.41, 5.74) is -2.82. The molecule has 1 aliphatic carbocycles. The second-order valence-electron chi connectivity index (χ2n) is 6.74. The number of aliphatic carboxylic acids is 1. The Balaban J connectivity index is 2.14. The maximum Gasteiger partial charge on any atom is 0.407 e. The van der Waals surface area contributed by atoms with E-state index in [1.807, 2.05) is 0 Å². The third-order valence-electron chi connectivity index (χ3n) is 3.76. The Morgan fingerprint density at radius 1 is 1.26 bits per heavy atom. The minimum atomic E-state index is -1.67. The van der Waals surface area contributed by atoms with Crippen LogP contribution in [0.1, 0.15) is 39.2 Å². The van der Waals surface area contributed by atoms with Crippen LogP contribution in [0.25, 0.3) is 0 Å². The lowest BCUT2D eigenvalue weighted by molar-refractivity contribution is -0.149. The van der Waals surface area contributed by atoms with E-state index in [9.17, 15) is 23.5 Å². The largest absolute Gasteiger partial charge is 0.481 e. The zero-order chi connectivity index (χ0) is 17.4. The van der Waals surface area contributed by atoms with Gasteiger partial charge in [-0.25, -0.2) is 13.6 Å². The van der Waals surface area contributed by atoms with Crippen LogP contribution in [0.5, 0.6) is 0 Å². The molecule has 1 aromatic rings. The van der Waals surface area contributed by atoms with Gasteiger partial charge in [0.2, 0.25) is 0 Å². The molecule has 0 spiro atoms. The average Bonchev–Trinajstić information content (AvgIpc) is 2.32. The number of hydrogen-bond donors (Lipinski definition) is 2. The Morgan fingerprint density at radius 2 is 1.78 bits per heavy atom. The van der Waals surface area contributed by atoms with Crippen LogP contribution in [0.4, 0.5) is 13.6 Å². The van der Waals surface area contributed by atoms with Gasteiger partial charge in [-0.1, -0.05) is 6.07 Å². The smallest absolute Gasteiger partial charge is 0.407 e. The number of benzene rings is 1. The number of rotatable bonds is 3. The second-order valence-corrected chi connectivity index (χ2v) is 6.74. The lowest BCUT2D eigenvalue weighted by atomic mass is 9.61. The molecule has 0 saturated heterocycles. The number of carboxylic acids is 1. The highest BCUT2D eigenvalue weighted by atomic mass is 19.1. The van der Waals surface area contributed by atoms with E-state index < -0.39 is 46.3 Å². The highest BCUT2D eigenvalue weighted by Crippen LogP contribution is 2.46. The van der Waals surface area contributed by atoms with Crippen molar-refractivity contribution in [1.29, 1.82) is 0 Å². The highest BCUT2D eigenvalue weighted by molar-refractivity contribution is 5.84. The first kappa shape index (κ1) is 17.2. The number of carbonyl (C=O) groups is 2. The fraction of sp³-hybridized carbons (Fsp3) is 0.500. The molecule has 2 rings (SSSR count). The Kier molecular flexibility index (Phi) is 4.32. The molecular weight excluding hydrogens is 308 g/mol. The lowest BCUT2D eigenvalue weighted by Crippen LogP contribution is -2.58. The minimum absolute atomic E-state index is 0.0978. The van der Waals surface area contributed by atoms with Crippen molar-refractivity contribution >= 4 is 12.1 Å². The number of ether oxygens (including phenoxy) is 1. The molecule has 0 radical (unpaired) electrons. The van der Waals surface area contributed by atoms with Crippen molar-refractivity contribution in [3.63, 3.8) is 0 Å². The van der Waals surface area contributed by atoms with Gasteiger partial charge in [0.05, 0.1) is 0 Å². The Morgan fingerprint density at radius 3 is 2.22 bits per heavy atom. The van der Waals surface area contributed by atoms with E-state index in [0.29, 0.717) is 0 Å². The molecule has 1 fully saturated rings. The Hall–Kier alpha value is -2.18. The van der Waals surface area contributed by atoms with E-state index >= 15 is 0 Å². The van der Waals surface area contributed by atoms with Crippen LogP contribution in [0, 0.1) is 11.6 Å². The molecule has 0 atom stereocenters. The second kappa shape index (κ2) is 5.79. The molecule has 0 heterocycles. The summed E-state index contributed by atoms with van der Waals surface area (Å²) < 4.78 is 32.9. The van der Waals surface area contributed by atoms with E-state index in [-0.39, 0.29) is 12.8 Å². The van der Waals surface area contributed by atoms with Crippen LogP contribution in [0.3, 0.4) is 0 Å². The molecule has 7 heteroatoms. The molecule has 1 saturated carbocycles. The first-order valence-corrected chi connectivity index (χ1v) is 7.22. The molecule has 0 aromatic heterocycles. The monoisotopic (exact) mass is 327 g/mol. The molecule has 0 unspecified atom stereocenters. The predicted molar refractivity (Wildman–Crippen MR) is 78.1 cm³/mol. The van der Waals surface area contributed by atoms with Gasteiger partial charge >= 0.3 is 12.1 Å². The summed E-state index contributed by atoms with van der Waals surface area (Å²) in [5, 5.41) is 12.0. The quantitative estimate of drug-likeness (QED) is 0.895. The van der Waals surface area contributed by atoms with Crippen molar-refractivity contribution in [3.05, 3.63) is 35.4 Å². The van der Waals surface area contributed by atoms with Gasteiger partial charge in [0.25, 0.3) is 0 Å². The number of carboxylic acid groups (broad SMARTS) is 1. The van der Waals surface area contributed by atoms with E-state index in [1.54, 1.807) is 20.8 Å². The molecule has 0 bridgehead atoms. The summed E-state index contributed by atoms with van der Waals surface area (Å²) in [7, 11) is 0. The van der Waals surface area contributed by atoms with E-state index in [4.69, 9.17) is 4.74 Å². The molecule has 1 aromatic carbocycles. The maximum absolute atomic E-state index is 13.9. The summed E-state index contributed by atoms with van der Waals surface area (Å²) in [4.78, 5) is 23.3. The Bertz CT molecular complexity index is 613. The molecule has 0 aliphatic heterocycles. The molecule has 1 aliphatic rings. The Labute approximate surface area is 132 Å². The van der Waals surface area contributed by atoms with Crippen LogP contribution in [-0.4, -0.2) is 28.8 Å². The van der Waals surface area contributed by atoms with Gasteiger partial charge in [-0.05, 0) is 45.7 Å². The van der Waals surface area contributed by atoms with Crippen LogP contribution >= 0.6 is 0 Å². The summed E-state index contributed by atoms with van der Waals surface area (Å²) in [5.74, 6) is -3.12. The van der Waals surface area contributed by atoms with Gasteiger partial charge in [0.15, 0.2) is 0 Å². The minimum Gasteiger partial charge on any atom is -0.481 e. The summed E-state index contributed by atoms with van der Waals surface area (Å²) in [6.07, 6.45) is -0.880. The van der Waals surface area contributed by atoms with Gasteiger partial charge in [-0.3, -0.25) is 4.79 Å². The van der Waals surface area contributed by atoms with Gasteiger partial charge in [-0.15, -0.1) is 0 Å². The first-order valence-electron chi connectivity index (χ1n) is 7.22. The fourth-order valence-electron chi connectivity index (χ4n) is 2.80. The topological polar surface area (TPSA) is 75.6 Å². The molecule has 126 valence electrons. The van der Waals surface area contributed by atoms with Crippen molar-refractivity contribution < 1.29 is 28.2 Å². The van der Waals surface area contributed by atoms with Crippen LogP contribution in [0.15, 0.2) is 18.2 Å². The van der Waals surface area contributed by atoms with E-state index in [1.165, 1.54) is 6.07 Å². The van der Waals surface area contributed by atoms with Crippen molar-refractivity contribution in [1.82, 2.24) is 5.32 Å². The van der Waals surface area contributed by atoms with Gasteiger partial charge in [0.1, 0.15) is 22.7 Å². The average molecular weight is 327 g/mol. The third kappa shape index (κ3) is 3.43. The van der Waals surface area contributed by atoms with Crippen LogP contribution in [-0.2, 0) is 14.9 Å². The van der Waals surface area contributed by atoms with Gasteiger partial charge in [0, 0.05) is 11.6 Å². The normalized spacial score (nSPS) is 23.8. The van der Waals surface area contributed by atoms with Gasteiger partial charge < -0.3 is 15.2 Å². The van der Waals surface area contributed by atoms with Crippen molar-refractivity contribution in [3.8, 4) is 0 Å². The number of nitrogens with one attached hydrogen (secondary N) is 1. The molecular formula is C16H19F2NO4. The van der Waals surface area contributed by atoms with Crippen molar-refractivity contribution in [2.75, 3.05) is 0 Å². The van der Waals surface area contributed by atoms with E-state index in [2.05, 4.69) is 5.32 Å². The van der Waals surface area contributed by atoms with Crippen LogP contribution in [0.2, 0.25) is 0 Å². The standard InChI is InChI=1S/C16H19F2NO4/c1-15(2,3)23-14(22)19-9-7-16(8-9,13(20)21)12-10(17)5-4-6-11(12)18/h4-6,9H,7-8H2,1-3H3,(H,19,22)(H,20,21). The number of alkyl carbamates (subject to hydrolysis) is 1. The van der Waals surface area contributed by atoms with Crippen molar-refractivity contribution in [2.24, 2.45) is 0 Å². The first-order chi connectivity index (χ1) is 10.5. The number of hydrogen-bond acceptors (Lipinski definition) is 3. The summed E-state index contributed by atoms with van der Waals surface area (Å²) in [6.45, 7) is 5.09. The van der Waals surface area contributed by atoms with Gasteiger partial charge in [-0.2, -0.15) is 0 Å². The summed E-state index contributed by atoms with van der Waals surface area (Å²) >= 11 is 0. The number of amides is 1. The molecule has 2 N–H and O–H groups in total. The maximum atomic E-state index is 13.9. The SMILES string of the molecule is CC(C)(C)OC(=O)NC1CC(C(=O)O)(c2c(F)cccc2F)C1. The van der Waals surface area contributed by atoms with Crippen molar-refractivity contribution in [2.45, 2.75) is 50.7 Å². The molecule has 23 heavy (non-hydrogen) atoms. The highest BCUT2D eigenvalue weighted by Gasteiger charge is 2.55. The zero-order valence-electron chi connectivity index (χ0n) is 13.2. The zero-order valence-corrected chi connectivity index (χ0v) is 13.2. The molecule has 1 amide bonds. The lowest BCUT2D eigenvalue weighted by Gasteiger charge is -2.44. The summed E-state index contributed by atoms with van der Waals surface area (Å²) in [6, 6.07) is 2.72. The fourth-order valence-corrected chi connectivity index (χ4v) is 2.80.